The number of nitrogens with zero attached hydrogens (tertiary/aromatic N) is 1. The van der Waals surface area contributed by atoms with E-state index >= 15 is 0 Å². The molecule has 0 radical (unpaired) electrons. The normalized spacial score (nSPS) is 16.8. The molecule has 1 saturated carbocycles. The maximum atomic E-state index is 12.8. The standard InChI is InChI=1S/C36H58N4O3/c1-9-12-13-30(18-20-31(37)19-16-28(11-3)24-39-22-10-2)34(26(6)23-25(4)5)40(8)36(43)33(27(7)41)35(42)32(38)21-17-29-14-15-29/h9,13,16,18-20,25-26,28-29,35,37-39,42-43H,10-11,14-15,17,21-24H2,1-8H3/b19-16+,20-18+,34-30+,36-33-,37-31?,38-32?/t12?,26?,28-,35?/m0/s1. The van der Waals surface area contributed by atoms with Gasteiger partial charge in [-0.25, -0.2) is 0 Å². The van der Waals surface area contributed by atoms with E-state index in [4.69, 9.17) is 10.8 Å². The number of Topliss-reactive ketones (excluding diaryl/α,β-unsaturated/α-hetero) is 1. The first-order valence-corrected chi connectivity index (χ1v) is 16.1. The largest absolute Gasteiger partial charge is 0.494 e. The van der Waals surface area contributed by atoms with Crippen LogP contribution in [0.5, 0.6) is 0 Å². The molecule has 0 aromatic heterocycles. The van der Waals surface area contributed by atoms with Gasteiger partial charge in [0.2, 0.25) is 5.88 Å². The molecule has 0 spiro atoms. The van der Waals surface area contributed by atoms with Crippen LogP contribution in [-0.2, 0) is 4.79 Å². The first-order valence-electron chi connectivity index (χ1n) is 16.1. The molecule has 240 valence electrons. The minimum absolute atomic E-state index is 0.0415. The van der Waals surface area contributed by atoms with E-state index in [1.165, 1.54) is 6.92 Å². The first kappa shape index (κ1) is 38.0. The van der Waals surface area contributed by atoms with E-state index in [9.17, 15) is 15.0 Å². The Balaban J connectivity index is 3.56. The fourth-order valence-electron chi connectivity index (χ4n) is 5.14. The minimum Gasteiger partial charge on any atom is -0.494 e. The number of carbonyl (C=O) groups excluding carboxylic acids is 1. The summed E-state index contributed by atoms with van der Waals surface area (Å²) < 4.78 is 0. The van der Waals surface area contributed by atoms with Crippen LogP contribution in [0.25, 0.3) is 0 Å². The quantitative estimate of drug-likeness (QED) is 0.0233. The maximum Gasteiger partial charge on any atom is 0.200 e. The van der Waals surface area contributed by atoms with Crippen molar-refractivity contribution in [3.05, 3.63) is 64.9 Å². The van der Waals surface area contributed by atoms with E-state index in [1.807, 2.05) is 25.2 Å². The highest BCUT2D eigenvalue weighted by molar-refractivity contribution is 6.03. The van der Waals surface area contributed by atoms with Gasteiger partial charge in [0, 0.05) is 30.6 Å². The Morgan fingerprint density at radius 1 is 1.14 bits per heavy atom. The lowest BCUT2D eigenvalue weighted by Crippen LogP contribution is -2.32. The van der Waals surface area contributed by atoms with Crippen LogP contribution in [0.15, 0.2) is 64.9 Å². The fraction of sp³-hybridized carbons (Fsp3) is 0.611. The molecule has 1 aliphatic rings. The average molecular weight is 595 g/mol. The molecule has 1 fully saturated rings. The molecule has 0 heterocycles. The van der Waals surface area contributed by atoms with Crippen LogP contribution in [0.3, 0.4) is 0 Å². The van der Waals surface area contributed by atoms with E-state index in [0.717, 1.165) is 62.9 Å². The molecule has 43 heavy (non-hydrogen) atoms. The number of aliphatic hydroxyl groups is 2. The zero-order valence-electron chi connectivity index (χ0n) is 28.0. The molecule has 7 nitrogen and oxygen atoms in total. The Hall–Kier alpha value is -2.99. The third-order valence-electron chi connectivity index (χ3n) is 7.76. The van der Waals surface area contributed by atoms with Crippen molar-refractivity contribution in [2.75, 3.05) is 20.1 Å². The Bertz CT molecular complexity index is 1120. The molecule has 0 aromatic rings. The second-order valence-electron chi connectivity index (χ2n) is 12.3. The molecule has 3 atom stereocenters. The molecule has 0 aromatic carbocycles. The number of rotatable bonds is 21. The van der Waals surface area contributed by atoms with Gasteiger partial charge in [0.05, 0.1) is 11.3 Å². The zero-order valence-corrected chi connectivity index (χ0v) is 28.0. The SMILES string of the molecule is CC=C=CC(/C=C/C(=N)/C=C/[C@H](CC)CNCCC)=C(/C(C)CC(C)C)N(C)/C(O)=C(\C(C)=O)C(O)C(=N)CCC1CC1. The summed E-state index contributed by atoms with van der Waals surface area (Å²) in [4.78, 5) is 14.3. The third kappa shape index (κ3) is 13.9. The number of ketones is 1. The van der Waals surface area contributed by atoms with Gasteiger partial charge in [0.25, 0.3) is 0 Å². The lowest BCUT2D eigenvalue weighted by molar-refractivity contribution is -0.114. The number of hydrogen-bond donors (Lipinski definition) is 5. The van der Waals surface area contributed by atoms with Gasteiger partial charge < -0.3 is 31.2 Å². The Morgan fingerprint density at radius 2 is 1.81 bits per heavy atom. The van der Waals surface area contributed by atoms with Crippen LogP contribution in [-0.4, -0.2) is 58.6 Å². The zero-order chi connectivity index (χ0) is 32.5. The van der Waals surface area contributed by atoms with Gasteiger partial charge in [-0.3, -0.25) is 4.79 Å². The first-order chi connectivity index (χ1) is 20.4. The molecule has 1 rings (SSSR count). The molecule has 5 N–H and O–H groups in total. The average Bonchev–Trinajstić information content (AvgIpc) is 3.78. The highest BCUT2D eigenvalue weighted by Crippen LogP contribution is 2.34. The Labute approximate surface area is 261 Å². The van der Waals surface area contributed by atoms with Crippen LogP contribution < -0.4 is 5.32 Å². The predicted octanol–water partition coefficient (Wildman–Crippen LogP) is 7.67. The molecule has 0 aliphatic heterocycles. The summed E-state index contributed by atoms with van der Waals surface area (Å²) in [5.41, 5.74) is 4.83. The van der Waals surface area contributed by atoms with Crippen LogP contribution in [0.2, 0.25) is 0 Å². The second-order valence-corrected chi connectivity index (χ2v) is 12.3. The van der Waals surface area contributed by atoms with Crippen molar-refractivity contribution in [2.24, 2.45) is 23.7 Å². The molecular weight excluding hydrogens is 536 g/mol. The van der Waals surface area contributed by atoms with Crippen molar-refractivity contribution >= 4 is 17.2 Å². The van der Waals surface area contributed by atoms with Gasteiger partial charge in [-0.15, -0.1) is 5.73 Å². The molecule has 2 unspecified atom stereocenters. The number of hydrogen-bond acceptors (Lipinski definition) is 7. The number of nitrogens with one attached hydrogen (secondary N) is 3. The van der Waals surface area contributed by atoms with Crippen molar-refractivity contribution in [2.45, 2.75) is 99.5 Å². The number of allylic oxidation sites excluding steroid dienone is 6. The maximum absolute atomic E-state index is 12.8. The van der Waals surface area contributed by atoms with Crippen molar-refractivity contribution in [3.63, 3.8) is 0 Å². The number of carbonyl (C=O) groups is 1. The lowest BCUT2D eigenvalue weighted by atomic mass is 9.91. The molecule has 0 saturated heterocycles. The molecule has 0 bridgehead atoms. The smallest absolute Gasteiger partial charge is 0.200 e. The van der Waals surface area contributed by atoms with E-state index in [2.05, 4.69) is 51.7 Å². The summed E-state index contributed by atoms with van der Waals surface area (Å²) in [6.07, 6.45) is 16.0. The van der Waals surface area contributed by atoms with Crippen LogP contribution in [0, 0.1) is 34.5 Å². The predicted molar refractivity (Wildman–Crippen MR) is 181 cm³/mol. The molecule has 1 aliphatic carbocycles. The van der Waals surface area contributed by atoms with Gasteiger partial charge in [0.1, 0.15) is 6.10 Å². The monoisotopic (exact) mass is 594 g/mol. The van der Waals surface area contributed by atoms with Gasteiger partial charge >= 0.3 is 0 Å². The summed E-state index contributed by atoms with van der Waals surface area (Å²) in [5.74, 6) is 0.416. The fourth-order valence-corrected chi connectivity index (χ4v) is 5.14. The topological polar surface area (TPSA) is 121 Å². The molecular formula is C36H58N4O3. The highest BCUT2D eigenvalue weighted by Gasteiger charge is 2.30. The summed E-state index contributed by atoms with van der Waals surface area (Å²) in [7, 11) is 1.68. The van der Waals surface area contributed by atoms with Crippen molar-refractivity contribution < 1.29 is 15.0 Å². The van der Waals surface area contributed by atoms with Crippen LogP contribution in [0.4, 0.5) is 0 Å². The Kier molecular flexibility index (Phi) is 17.7. The Morgan fingerprint density at radius 3 is 2.35 bits per heavy atom. The van der Waals surface area contributed by atoms with Crippen molar-refractivity contribution in [3.8, 4) is 0 Å². The van der Waals surface area contributed by atoms with E-state index in [-0.39, 0.29) is 23.1 Å². The van der Waals surface area contributed by atoms with Gasteiger partial charge in [-0.05, 0) is 100 Å². The van der Waals surface area contributed by atoms with Crippen molar-refractivity contribution in [1.29, 1.82) is 10.8 Å². The second kappa shape index (κ2) is 20.1. The number of aliphatic hydroxyl groups excluding tert-OH is 2. The highest BCUT2D eigenvalue weighted by atomic mass is 16.3. The van der Waals surface area contributed by atoms with Gasteiger partial charge in [-0.2, -0.15) is 0 Å². The molecule has 7 heteroatoms. The van der Waals surface area contributed by atoms with Crippen molar-refractivity contribution in [1.82, 2.24) is 10.2 Å². The third-order valence-corrected chi connectivity index (χ3v) is 7.76. The summed E-state index contributed by atoms with van der Waals surface area (Å²) in [6.45, 7) is 15.7. The van der Waals surface area contributed by atoms with Gasteiger partial charge in [-0.1, -0.05) is 59.6 Å². The molecule has 0 amide bonds. The van der Waals surface area contributed by atoms with Crippen LogP contribution >= 0.6 is 0 Å². The summed E-state index contributed by atoms with van der Waals surface area (Å²) in [6, 6.07) is 0. The minimum atomic E-state index is -1.47. The van der Waals surface area contributed by atoms with E-state index in [1.54, 1.807) is 24.1 Å². The summed E-state index contributed by atoms with van der Waals surface area (Å²) in [5, 5.41) is 43.0. The van der Waals surface area contributed by atoms with Gasteiger partial charge in [0.15, 0.2) is 5.78 Å². The summed E-state index contributed by atoms with van der Waals surface area (Å²) >= 11 is 0. The van der Waals surface area contributed by atoms with E-state index in [0.29, 0.717) is 29.9 Å². The van der Waals surface area contributed by atoms with E-state index < -0.39 is 11.9 Å². The lowest BCUT2D eigenvalue weighted by Gasteiger charge is -2.31. The van der Waals surface area contributed by atoms with Crippen LogP contribution in [0.1, 0.15) is 93.4 Å².